The molecule has 0 unspecified atom stereocenters. The van der Waals surface area contributed by atoms with Gasteiger partial charge < -0.3 is 0 Å². The molecule has 0 spiro atoms. The van der Waals surface area contributed by atoms with Crippen molar-refractivity contribution in [1.29, 1.82) is 0 Å². The monoisotopic (exact) mass is 238 g/mol. The summed E-state index contributed by atoms with van der Waals surface area (Å²) in [6.45, 7) is 0. The summed E-state index contributed by atoms with van der Waals surface area (Å²) >= 11 is 0. The summed E-state index contributed by atoms with van der Waals surface area (Å²) in [6.07, 6.45) is 3.19. The van der Waals surface area contributed by atoms with Crippen molar-refractivity contribution in [1.82, 2.24) is 19.7 Å². The molecule has 0 radical (unpaired) electrons. The van der Waals surface area contributed by atoms with Gasteiger partial charge in [-0.1, -0.05) is 30.3 Å². The quantitative estimate of drug-likeness (QED) is 0.738. The number of hydrogen-bond donors (Lipinski definition) is 1. The molecule has 88 valence electrons. The van der Waals surface area contributed by atoms with Crippen molar-refractivity contribution in [3.63, 3.8) is 0 Å². The minimum Gasteiger partial charge on any atom is -0.288 e. The second-order valence-corrected chi connectivity index (χ2v) is 3.76. The lowest BCUT2D eigenvalue weighted by Gasteiger charge is -1.99. The van der Waals surface area contributed by atoms with Crippen LogP contribution in [0.4, 0.5) is 0 Å². The average molecular weight is 238 g/mol. The van der Waals surface area contributed by atoms with Crippen LogP contribution in [0.15, 0.2) is 59.7 Å². The van der Waals surface area contributed by atoms with Crippen molar-refractivity contribution < 1.29 is 0 Å². The van der Waals surface area contributed by atoms with Gasteiger partial charge in [0.05, 0.1) is 5.69 Å². The molecule has 2 aromatic heterocycles. The molecule has 1 N–H and O–H groups in total. The van der Waals surface area contributed by atoms with Crippen molar-refractivity contribution in [2.75, 3.05) is 0 Å². The molecule has 1 aromatic carbocycles. The fourth-order valence-electron chi connectivity index (χ4n) is 1.72. The van der Waals surface area contributed by atoms with Gasteiger partial charge in [-0.05, 0) is 11.6 Å². The molecular weight excluding hydrogens is 228 g/mol. The van der Waals surface area contributed by atoms with E-state index in [1.807, 2.05) is 30.3 Å². The van der Waals surface area contributed by atoms with Crippen LogP contribution in [-0.4, -0.2) is 19.7 Å². The van der Waals surface area contributed by atoms with E-state index < -0.39 is 0 Å². The lowest BCUT2D eigenvalue weighted by molar-refractivity contribution is 0.786. The third-order valence-corrected chi connectivity index (χ3v) is 2.56. The van der Waals surface area contributed by atoms with E-state index in [0.29, 0.717) is 5.95 Å². The number of hydrogen-bond acceptors (Lipinski definition) is 3. The van der Waals surface area contributed by atoms with E-state index >= 15 is 0 Å². The minimum atomic E-state index is -0.181. The number of nitrogens with one attached hydrogen (secondary N) is 1. The van der Waals surface area contributed by atoms with Crippen molar-refractivity contribution >= 4 is 0 Å². The lowest BCUT2D eigenvalue weighted by Crippen LogP contribution is -2.15. The SMILES string of the molecule is O=c1cc(-c2ccccc2)[nH]n1-c1ncccn1. The highest BCUT2D eigenvalue weighted by molar-refractivity contribution is 5.58. The zero-order valence-electron chi connectivity index (χ0n) is 9.45. The molecule has 0 aliphatic rings. The first-order chi connectivity index (χ1) is 8.84. The molecule has 18 heavy (non-hydrogen) atoms. The van der Waals surface area contributed by atoms with Crippen molar-refractivity contribution in [3.8, 4) is 17.2 Å². The van der Waals surface area contributed by atoms with E-state index in [4.69, 9.17) is 0 Å². The van der Waals surface area contributed by atoms with Gasteiger partial charge in [0.1, 0.15) is 0 Å². The highest BCUT2D eigenvalue weighted by atomic mass is 16.1. The predicted octanol–water partition coefficient (Wildman–Crippen LogP) is 1.62. The summed E-state index contributed by atoms with van der Waals surface area (Å²) < 4.78 is 1.32. The number of aromatic amines is 1. The molecule has 0 aliphatic carbocycles. The summed E-state index contributed by atoms with van der Waals surface area (Å²) in [4.78, 5) is 19.9. The van der Waals surface area contributed by atoms with Gasteiger partial charge in [-0.2, -0.15) is 4.68 Å². The Morgan fingerprint density at radius 1 is 1.00 bits per heavy atom. The van der Waals surface area contributed by atoms with Crippen molar-refractivity contribution in [2.24, 2.45) is 0 Å². The van der Waals surface area contributed by atoms with Crippen LogP contribution in [-0.2, 0) is 0 Å². The molecule has 5 heteroatoms. The van der Waals surface area contributed by atoms with Crippen molar-refractivity contribution in [3.05, 3.63) is 65.2 Å². The Kier molecular flexibility index (Phi) is 2.49. The third-order valence-electron chi connectivity index (χ3n) is 2.56. The van der Waals surface area contributed by atoms with Crippen LogP contribution < -0.4 is 5.56 Å². The summed E-state index contributed by atoms with van der Waals surface area (Å²) in [5, 5.41) is 2.99. The van der Waals surface area contributed by atoms with Gasteiger partial charge in [0, 0.05) is 18.5 Å². The highest BCUT2D eigenvalue weighted by Gasteiger charge is 2.07. The van der Waals surface area contributed by atoms with E-state index in [2.05, 4.69) is 15.1 Å². The zero-order chi connectivity index (χ0) is 12.4. The van der Waals surface area contributed by atoms with Gasteiger partial charge in [-0.25, -0.2) is 9.97 Å². The molecule has 0 saturated heterocycles. The molecule has 0 atom stereocenters. The molecule has 2 heterocycles. The molecule has 0 aliphatic heterocycles. The largest absolute Gasteiger partial charge is 0.288 e. The van der Waals surface area contributed by atoms with Crippen LogP contribution in [0.5, 0.6) is 0 Å². The predicted molar refractivity (Wildman–Crippen MR) is 67.4 cm³/mol. The van der Waals surface area contributed by atoms with E-state index in [1.54, 1.807) is 18.5 Å². The number of benzene rings is 1. The van der Waals surface area contributed by atoms with Gasteiger partial charge in [0.25, 0.3) is 11.5 Å². The van der Waals surface area contributed by atoms with Gasteiger partial charge in [0.15, 0.2) is 0 Å². The van der Waals surface area contributed by atoms with Gasteiger partial charge in [-0.3, -0.25) is 9.89 Å². The van der Waals surface area contributed by atoms with Crippen molar-refractivity contribution in [2.45, 2.75) is 0 Å². The number of rotatable bonds is 2. The van der Waals surface area contributed by atoms with Crippen LogP contribution in [0, 0.1) is 0 Å². The molecular formula is C13H10N4O. The van der Waals surface area contributed by atoms with E-state index in [9.17, 15) is 4.79 Å². The van der Waals surface area contributed by atoms with Crippen LogP contribution in [0.3, 0.4) is 0 Å². The molecule has 0 saturated carbocycles. The van der Waals surface area contributed by atoms with Gasteiger partial charge >= 0.3 is 0 Å². The Balaban J connectivity index is 2.10. The number of H-pyrrole nitrogens is 1. The molecule has 5 nitrogen and oxygen atoms in total. The Hall–Kier alpha value is -2.69. The molecule has 0 bridgehead atoms. The second kappa shape index (κ2) is 4.29. The smallest absolute Gasteiger partial charge is 0.274 e. The summed E-state index contributed by atoms with van der Waals surface area (Å²) in [6, 6.07) is 12.9. The van der Waals surface area contributed by atoms with Crippen LogP contribution >= 0.6 is 0 Å². The normalized spacial score (nSPS) is 10.4. The fraction of sp³-hybridized carbons (Fsp3) is 0. The molecule has 3 rings (SSSR count). The minimum absolute atomic E-state index is 0.181. The molecule has 3 aromatic rings. The van der Waals surface area contributed by atoms with E-state index in [-0.39, 0.29) is 5.56 Å². The Labute approximate surface area is 103 Å². The fourth-order valence-corrected chi connectivity index (χ4v) is 1.72. The van der Waals surface area contributed by atoms with Crippen LogP contribution in [0.1, 0.15) is 0 Å². The third kappa shape index (κ3) is 1.82. The topological polar surface area (TPSA) is 63.6 Å². The zero-order valence-corrected chi connectivity index (χ0v) is 9.45. The number of nitrogens with zero attached hydrogens (tertiary/aromatic N) is 3. The standard InChI is InChI=1S/C13H10N4O/c18-12-9-11(10-5-2-1-3-6-10)16-17(12)13-14-7-4-8-15-13/h1-9,16H. The lowest BCUT2D eigenvalue weighted by atomic mass is 10.2. The second-order valence-electron chi connectivity index (χ2n) is 3.76. The van der Waals surface area contributed by atoms with Gasteiger partial charge in [0.2, 0.25) is 0 Å². The van der Waals surface area contributed by atoms with Crippen LogP contribution in [0.2, 0.25) is 0 Å². The first-order valence-electron chi connectivity index (χ1n) is 5.49. The average Bonchev–Trinajstić information content (AvgIpc) is 2.83. The molecule has 0 amide bonds. The van der Waals surface area contributed by atoms with E-state index in [0.717, 1.165) is 11.3 Å². The Morgan fingerprint density at radius 3 is 2.44 bits per heavy atom. The van der Waals surface area contributed by atoms with Gasteiger partial charge in [-0.15, -0.1) is 0 Å². The maximum Gasteiger partial charge on any atom is 0.274 e. The summed E-state index contributed by atoms with van der Waals surface area (Å²) in [5.74, 6) is 0.338. The summed E-state index contributed by atoms with van der Waals surface area (Å²) in [5.41, 5.74) is 1.51. The summed E-state index contributed by atoms with van der Waals surface area (Å²) in [7, 11) is 0. The maximum absolute atomic E-state index is 11.9. The Bertz CT molecular complexity index is 701. The first kappa shape index (κ1) is 10.5. The van der Waals surface area contributed by atoms with Crippen LogP contribution in [0.25, 0.3) is 17.2 Å². The molecule has 0 fully saturated rings. The number of aromatic nitrogens is 4. The Morgan fingerprint density at radius 2 is 1.72 bits per heavy atom. The maximum atomic E-state index is 11.9. The first-order valence-corrected chi connectivity index (χ1v) is 5.49. The van der Waals surface area contributed by atoms with E-state index in [1.165, 1.54) is 10.7 Å². The highest BCUT2D eigenvalue weighted by Crippen LogP contribution is 2.14.